The average molecular weight is 410 g/mol. The highest BCUT2D eigenvalue weighted by atomic mass is 32.2. The Bertz CT molecular complexity index is 826. The zero-order valence-corrected chi connectivity index (χ0v) is 16.5. The summed E-state index contributed by atoms with van der Waals surface area (Å²) in [6, 6.07) is 9.06. The summed E-state index contributed by atoms with van der Waals surface area (Å²) < 4.78 is 32.7. The largest absolute Gasteiger partial charge is 0.445 e. The first-order chi connectivity index (χ1) is 13.0. The molecular formula is C18H23N3O4S2. The Hall–Kier alpha value is -1.97. The molecule has 1 N–H and O–H groups in total. The standard InChI is InChI=1S/C18H23N3O4S2/c22-18(25-11-15-5-2-1-3-6-15)21-10-4-7-17(21)13-27(23,24)20-9-8-16-12-26-14-19-16/h1-3,5-6,12,14,17,20H,4,7-11,13H2. The van der Waals surface area contributed by atoms with Crippen LogP contribution in [0.4, 0.5) is 4.79 Å². The van der Waals surface area contributed by atoms with Gasteiger partial charge in [-0.25, -0.2) is 22.9 Å². The topological polar surface area (TPSA) is 88.6 Å². The number of sulfonamides is 1. The van der Waals surface area contributed by atoms with Crippen molar-refractivity contribution >= 4 is 27.5 Å². The second-order valence-corrected chi connectivity index (χ2v) is 9.01. The van der Waals surface area contributed by atoms with Crippen molar-refractivity contribution in [2.45, 2.75) is 31.9 Å². The van der Waals surface area contributed by atoms with E-state index in [4.69, 9.17) is 4.74 Å². The lowest BCUT2D eigenvalue weighted by Crippen LogP contribution is -2.43. The molecule has 146 valence electrons. The fourth-order valence-corrected chi connectivity index (χ4v) is 5.04. The fourth-order valence-electron chi connectivity index (χ4n) is 3.06. The molecule has 1 unspecified atom stereocenters. The van der Waals surface area contributed by atoms with Crippen LogP contribution in [-0.4, -0.2) is 49.3 Å². The average Bonchev–Trinajstić information content (AvgIpc) is 3.32. The van der Waals surface area contributed by atoms with Gasteiger partial charge in [-0.05, 0) is 18.4 Å². The molecule has 2 aromatic rings. The second kappa shape index (κ2) is 9.29. The van der Waals surface area contributed by atoms with Crippen molar-refractivity contribution < 1.29 is 17.9 Å². The minimum atomic E-state index is -3.48. The van der Waals surface area contributed by atoms with E-state index in [9.17, 15) is 13.2 Å². The molecule has 0 radical (unpaired) electrons. The molecule has 9 heteroatoms. The number of aromatic nitrogens is 1. The van der Waals surface area contributed by atoms with Gasteiger partial charge in [0.25, 0.3) is 0 Å². The number of hydrogen-bond acceptors (Lipinski definition) is 6. The third kappa shape index (κ3) is 6.02. The number of thiazole rings is 1. The molecule has 3 rings (SSSR count). The first kappa shape index (κ1) is 19.8. The van der Waals surface area contributed by atoms with E-state index in [0.717, 1.165) is 17.7 Å². The van der Waals surface area contributed by atoms with Crippen LogP contribution in [0.3, 0.4) is 0 Å². The molecule has 1 atom stereocenters. The van der Waals surface area contributed by atoms with Gasteiger partial charge in [0, 0.05) is 24.9 Å². The summed E-state index contributed by atoms with van der Waals surface area (Å²) in [6.45, 7) is 1.01. The van der Waals surface area contributed by atoms with Crippen LogP contribution in [0.5, 0.6) is 0 Å². The number of rotatable bonds is 8. The van der Waals surface area contributed by atoms with E-state index in [-0.39, 0.29) is 18.4 Å². The third-order valence-corrected chi connectivity index (χ3v) is 6.52. The summed E-state index contributed by atoms with van der Waals surface area (Å²) >= 11 is 1.48. The first-order valence-electron chi connectivity index (χ1n) is 8.85. The monoisotopic (exact) mass is 409 g/mol. The Morgan fingerprint density at radius 2 is 2.15 bits per heavy atom. The minimum Gasteiger partial charge on any atom is -0.445 e. The van der Waals surface area contributed by atoms with Gasteiger partial charge in [0.2, 0.25) is 10.0 Å². The van der Waals surface area contributed by atoms with E-state index in [0.29, 0.717) is 25.9 Å². The van der Waals surface area contributed by atoms with Crippen LogP contribution in [0.25, 0.3) is 0 Å². The van der Waals surface area contributed by atoms with Crippen LogP contribution in [0.15, 0.2) is 41.2 Å². The number of nitrogens with one attached hydrogen (secondary N) is 1. The quantitative estimate of drug-likeness (QED) is 0.723. The minimum absolute atomic E-state index is 0.107. The second-order valence-electron chi connectivity index (χ2n) is 6.44. The summed E-state index contributed by atoms with van der Waals surface area (Å²) in [7, 11) is -3.48. The van der Waals surface area contributed by atoms with Crippen molar-refractivity contribution in [2.75, 3.05) is 18.8 Å². The van der Waals surface area contributed by atoms with E-state index >= 15 is 0 Å². The van der Waals surface area contributed by atoms with Gasteiger partial charge >= 0.3 is 6.09 Å². The van der Waals surface area contributed by atoms with Crippen molar-refractivity contribution in [1.29, 1.82) is 0 Å². The van der Waals surface area contributed by atoms with Gasteiger partial charge in [-0.1, -0.05) is 30.3 Å². The van der Waals surface area contributed by atoms with E-state index in [1.165, 1.54) is 16.2 Å². The summed E-state index contributed by atoms with van der Waals surface area (Å²) in [4.78, 5) is 18.0. The van der Waals surface area contributed by atoms with E-state index in [2.05, 4.69) is 9.71 Å². The number of benzene rings is 1. The number of ether oxygens (including phenoxy) is 1. The van der Waals surface area contributed by atoms with Gasteiger partial charge in [0.1, 0.15) is 6.61 Å². The Balaban J connectivity index is 1.48. The lowest BCUT2D eigenvalue weighted by molar-refractivity contribution is 0.0948. The Morgan fingerprint density at radius 1 is 1.33 bits per heavy atom. The Morgan fingerprint density at radius 3 is 2.89 bits per heavy atom. The smallest absolute Gasteiger partial charge is 0.410 e. The zero-order valence-electron chi connectivity index (χ0n) is 14.9. The number of amides is 1. The highest BCUT2D eigenvalue weighted by molar-refractivity contribution is 7.89. The number of nitrogens with zero attached hydrogens (tertiary/aromatic N) is 2. The van der Waals surface area contributed by atoms with Crippen molar-refractivity contribution in [3.63, 3.8) is 0 Å². The summed E-state index contributed by atoms with van der Waals surface area (Å²) in [6.07, 6.45) is 1.53. The molecule has 1 fully saturated rings. The van der Waals surface area contributed by atoms with Crippen molar-refractivity contribution in [3.05, 3.63) is 52.5 Å². The Kier molecular flexibility index (Phi) is 6.81. The fraction of sp³-hybridized carbons (Fsp3) is 0.444. The molecule has 0 bridgehead atoms. The van der Waals surface area contributed by atoms with Crippen molar-refractivity contribution in [2.24, 2.45) is 0 Å². The van der Waals surface area contributed by atoms with E-state index < -0.39 is 16.1 Å². The van der Waals surface area contributed by atoms with Crippen LogP contribution in [0, 0.1) is 0 Å². The molecule has 1 aromatic heterocycles. The van der Waals surface area contributed by atoms with Crippen molar-refractivity contribution in [1.82, 2.24) is 14.6 Å². The lowest BCUT2D eigenvalue weighted by Gasteiger charge is -2.24. The molecule has 0 saturated carbocycles. The van der Waals surface area contributed by atoms with Crippen LogP contribution in [-0.2, 0) is 27.8 Å². The van der Waals surface area contributed by atoms with Gasteiger partial charge in [0.05, 0.1) is 23.0 Å². The summed E-state index contributed by atoms with van der Waals surface area (Å²) in [5.41, 5.74) is 3.49. The van der Waals surface area contributed by atoms with Gasteiger partial charge < -0.3 is 9.64 Å². The lowest BCUT2D eigenvalue weighted by atomic mass is 10.2. The van der Waals surface area contributed by atoms with E-state index in [1.807, 2.05) is 35.7 Å². The van der Waals surface area contributed by atoms with Gasteiger partial charge in [0.15, 0.2) is 0 Å². The molecule has 1 aliphatic heterocycles. The van der Waals surface area contributed by atoms with Crippen molar-refractivity contribution in [3.8, 4) is 0 Å². The molecule has 7 nitrogen and oxygen atoms in total. The van der Waals surface area contributed by atoms with Crippen LogP contribution in [0.2, 0.25) is 0 Å². The predicted octanol–water partition coefficient (Wildman–Crippen LogP) is 2.41. The molecule has 27 heavy (non-hydrogen) atoms. The normalized spacial score (nSPS) is 17.2. The van der Waals surface area contributed by atoms with Crippen LogP contribution < -0.4 is 4.72 Å². The highest BCUT2D eigenvalue weighted by Gasteiger charge is 2.33. The third-order valence-electron chi connectivity index (χ3n) is 4.42. The molecule has 1 aliphatic rings. The predicted molar refractivity (Wildman–Crippen MR) is 104 cm³/mol. The SMILES string of the molecule is O=C(OCc1ccccc1)N1CCCC1CS(=O)(=O)NCCc1cscn1. The number of carbonyl (C=O) groups excluding carboxylic acids is 1. The maximum absolute atomic E-state index is 12.4. The zero-order chi connectivity index (χ0) is 19.1. The summed E-state index contributed by atoms with van der Waals surface area (Å²) in [5, 5.41) is 1.90. The van der Waals surface area contributed by atoms with Crippen LogP contribution in [0.1, 0.15) is 24.1 Å². The molecule has 0 spiro atoms. The number of carbonyl (C=O) groups is 1. The van der Waals surface area contributed by atoms with Gasteiger partial charge in [-0.2, -0.15) is 0 Å². The van der Waals surface area contributed by atoms with Crippen LogP contribution >= 0.6 is 11.3 Å². The molecule has 2 heterocycles. The molecule has 0 aliphatic carbocycles. The van der Waals surface area contributed by atoms with Gasteiger partial charge in [-0.15, -0.1) is 11.3 Å². The maximum Gasteiger partial charge on any atom is 0.410 e. The summed E-state index contributed by atoms with van der Waals surface area (Å²) in [5.74, 6) is -0.107. The number of hydrogen-bond donors (Lipinski definition) is 1. The molecule has 1 aromatic carbocycles. The molecule has 1 saturated heterocycles. The van der Waals surface area contributed by atoms with E-state index in [1.54, 1.807) is 5.51 Å². The first-order valence-corrected chi connectivity index (χ1v) is 11.4. The highest BCUT2D eigenvalue weighted by Crippen LogP contribution is 2.20. The molecule has 1 amide bonds. The Labute approximate surface area is 163 Å². The number of likely N-dealkylation sites (tertiary alicyclic amines) is 1. The maximum atomic E-state index is 12.4. The van der Waals surface area contributed by atoms with Gasteiger partial charge in [-0.3, -0.25) is 0 Å². The molecular weight excluding hydrogens is 386 g/mol.